The fraction of sp³-hybridized carbons (Fsp3) is 0.562. The molecule has 0 amide bonds. The summed E-state index contributed by atoms with van der Waals surface area (Å²) in [5.41, 5.74) is 0.738. The molecule has 1 aliphatic carbocycles. The van der Waals surface area contributed by atoms with E-state index in [4.69, 9.17) is 10.00 Å². The summed E-state index contributed by atoms with van der Waals surface area (Å²) in [6.07, 6.45) is 3.41. The van der Waals surface area contributed by atoms with Crippen molar-refractivity contribution in [3.63, 3.8) is 0 Å². The molecule has 106 valence electrons. The highest BCUT2D eigenvalue weighted by Crippen LogP contribution is 2.43. The third-order valence-corrected chi connectivity index (χ3v) is 4.22. The van der Waals surface area contributed by atoms with Crippen molar-refractivity contribution in [2.45, 2.75) is 24.9 Å². The first-order valence-corrected chi connectivity index (χ1v) is 7.42. The number of hydrogen-bond acceptors (Lipinski definition) is 4. The minimum absolute atomic E-state index is 0.0546. The van der Waals surface area contributed by atoms with E-state index in [1.54, 1.807) is 0 Å². The second kappa shape index (κ2) is 5.82. The van der Waals surface area contributed by atoms with Crippen molar-refractivity contribution < 1.29 is 4.74 Å². The second-order valence-corrected chi connectivity index (χ2v) is 5.76. The fourth-order valence-corrected chi connectivity index (χ4v) is 2.69. The molecule has 0 atom stereocenters. The Morgan fingerprint density at radius 3 is 2.50 bits per heavy atom. The van der Waals surface area contributed by atoms with Gasteiger partial charge in [0.05, 0.1) is 11.6 Å². The van der Waals surface area contributed by atoms with Crippen molar-refractivity contribution in [3.05, 3.63) is 29.8 Å². The average Bonchev–Trinajstić information content (AvgIpc) is 3.27. The van der Waals surface area contributed by atoms with Crippen molar-refractivity contribution >= 4 is 0 Å². The highest BCUT2D eigenvalue weighted by Gasteiger charge is 2.45. The monoisotopic (exact) mass is 271 g/mol. The third-order valence-electron chi connectivity index (χ3n) is 4.22. The summed E-state index contributed by atoms with van der Waals surface area (Å²) >= 11 is 0. The maximum Gasteiger partial charge on any atom is 0.120 e. The van der Waals surface area contributed by atoms with Crippen LogP contribution < -0.4 is 10.1 Å². The van der Waals surface area contributed by atoms with Gasteiger partial charge in [0.2, 0.25) is 0 Å². The molecule has 0 radical (unpaired) electrons. The standard InChI is InChI=1S/C16H21N3O/c17-13-14-1-3-15(4-2-14)20-16(5-6-16)7-10-19-11-8-18-9-12-19/h1-4,18H,5-12H2. The molecule has 1 N–H and O–H groups in total. The molecule has 1 saturated carbocycles. The van der Waals surface area contributed by atoms with Crippen LogP contribution in [0.5, 0.6) is 5.75 Å². The molecule has 1 aliphatic heterocycles. The number of ether oxygens (including phenoxy) is 1. The Bertz CT molecular complexity index is 481. The molecule has 4 heteroatoms. The highest BCUT2D eigenvalue weighted by atomic mass is 16.5. The summed E-state index contributed by atoms with van der Waals surface area (Å²) in [4.78, 5) is 2.51. The fourth-order valence-electron chi connectivity index (χ4n) is 2.69. The van der Waals surface area contributed by atoms with Crippen molar-refractivity contribution in [1.29, 1.82) is 5.26 Å². The lowest BCUT2D eigenvalue weighted by atomic mass is 10.2. The van der Waals surface area contributed by atoms with E-state index in [1.807, 2.05) is 24.3 Å². The van der Waals surface area contributed by atoms with Crippen LogP contribution in [0.15, 0.2) is 24.3 Å². The molecule has 0 unspecified atom stereocenters. The Balaban J connectivity index is 1.51. The molecular formula is C16H21N3O. The normalized spacial score (nSPS) is 21.1. The van der Waals surface area contributed by atoms with Crippen LogP contribution in [0.3, 0.4) is 0 Å². The molecular weight excluding hydrogens is 250 g/mol. The molecule has 1 aromatic carbocycles. The highest BCUT2D eigenvalue weighted by molar-refractivity contribution is 5.35. The van der Waals surface area contributed by atoms with Gasteiger partial charge >= 0.3 is 0 Å². The summed E-state index contributed by atoms with van der Waals surface area (Å²) in [7, 11) is 0. The lowest BCUT2D eigenvalue weighted by Crippen LogP contribution is -2.44. The van der Waals surface area contributed by atoms with Gasteiger partial charge in [0.15, 0.2) is 0 Å². The number of benzene rings is 1. The summed E-state index contributed by atoms with van der Waals surface area (Å²) < 4.78 is 6.15. The zero-order valence-electron chi connectivity index (χ0n) is 11.8. The van der Waals surface area contributed by atoms with E-state index in [1.165, 1.54) is 0 Å². The van der Waals surface area contributed by atoms with Gasteiger partial charge in [-0.3, -0.25) is 0 Å². The van der Waals surface area contributed by atoms with E-state index in [2.05, 4.69) is 16.3 Å². The molecule has 0 aromatic heterocycles. The van der Waals surface area contributed by atoms with Crippen LogP contribution in [0.2, 0.25) is 0 Å². The minimum atomic E-state index is 0.0546. The van der Waals surface area contributed by atoms with Gasteiger partial charge in [-0.1, -0.05) is 0 Å². The van der Waals surface area contributed by atoms with Crippen LogP contribution in [0, 0.1) is 11.3 Å². The van der Waals surface area contributed by atoms with Gasteiger partial charge in [-0.2, -0.15) is 5.26 Å². The lowest BCUT2D eigenvalue weighted by Gasteiger charge is -2.29. The van der Waals surface area contributed by atoms with Crippen molar-refractivity contribution in [2.24, 2.45) is 0 Å². The van der Waals surface area contributed by atoms with Gasteiger partial charge in [0, 0.05) is 32.7 Å². The van der Waals surface area contributed by atoms with E-state index in [9.17, 15) is 0 Å². The van der Waals surface area contributed by atoms with E-state index >= 15 is 0 Å². The number of piperazine rings is 1. The summed E-state index contributed by atoms with van der Waals surface area (Å²) in [5.74, 6) is 0.891. The van der Waals surface area contributed by atoms with Crippen molar-refractivity contribution in [3.8, 4) is 11.8 Å². The number of hydrogen-bond donors (Lipinski definition) is 1. The van der Waals surface area contributed by atoms with Gasteiger partial charge in [-0.25, -0.2) is 0 Å². The molecule has 1 saturated heterocycles. The molecule has 3 rings (SSSR count). The maximum absolute atomic E-state index is 8.80. The zero-order valence-corrected chi connectivity index (χ0v) is 11.8. The second-order valence-electron chi connectivity index (χ2n) is 5.76. The number of nitrogens with zero attached hydrogens (tertiary/aromatic N) is 2. The smallest absolute Gasteiger partial charge is 0.120 e. The van der Waals surface area contributed by atoms with Crippen LogP contribution in [-0.2, 0) is 0 Å². The van der Waals surface area contributed by atoms with Crippen molar-refractivity contribution in [1.82, 2.24) is 10.2 Å². The molecule has 4 nitrogen and oxygen atoms in total. The number of nitrogens with one attached hydrogen (secondary N) is 1. The molecule has 2 aliphatic rings. The summed E-state index contributed by atoms with van der Waals surface area (Å²) in [6.45, 7) is 5.62. The quantitative estimate of drug-likeness (QED) is 0.886. The van der Waals surface area contributed by atoms with E-state index in [-0.39, 0.29) is 5.60 Å². The topological polar surface area (TPSA) is 48.3 Å². The zero-order chi connectivity index (χ0) is 13.8. The average molecular weight is 271 g/mol. The maximum atomic E-state index is 8.80. The Hall–Kier alpha value is -1.57. The van der Waals surface area contributed by atoms with Crippen LogP contribution in [0.25, 0.3) is 0 Å². The van der Waals surface area contributed by atoms with Gasteiger partial charge in [-0.15, -0.1) is 0 Å². The first kappa shape index (κ1) is 13.4. The molecule has 1 aromatic rings. The van der Waals surface area contributed by atoms with Gasteiger partial charge in [-0.05, 0) is 43.5 Å². The SMILES string of the molecule is N#Cc1ccc(OC2(CCN3CCNCC3)CC2)cc1. The van der Waals surface area contributed by atoms with Gasteiger partial charge in [0.25, 0.3) is 0 Å². The predicted octanol–water partition coefficient (Wildman–Crippen LogP) is 1.76. The lowest BCUT2D eigenvalue weighted by molar-refractivity contribution is 0.137. The summed E-state index contributed by atoms with van der Waals surface area (Å²) in [5, 5.41) is 12.2. The Kier molecular flexibility index (Phi) is 3.90. The first-order chi connectivity index (χ1) is 9.80. The van der Waals surface area contributed by atoms with Crippen LogP contribution in [0.1, 0.15) is 24.8 Å². The molecule has 2 fully saturated rings. The number of nitriles is 1. The molecule has 1 heterocycles. The summed E-state index contributed by atoms with van der Waals surface area (Å²) in [6, 6.07) is 9.59. The van der Waals surface area contributed by atoms with Gasteiger partial charge < -0.3 is 15.0 Å². The minimum Gasteiger partial charge on any atom is -0.487 e. The molecule has 20 heavy (non-hydrogen) atoms. The first-order valence-electron chi connectivity index (χ1n) is 7.42. The van der Waals surface area contributed by atoms with E-state index < -0.39 is 0 Å². The van der Waals surface area contributed by atoms with Crippen LogP contribution in [0.4, 0.5) is 0 Å². The third kappa shape index (κ3) is 3.30. The molecule has 0 bridgehead atoms. The number of rotatable bonds is 5. The Morgan fingerprint density at radius 2 is 1.90 bits per heavy atom. The Morgan fingerprint density at radius 1 is 1.20 bits per heavy atom. The van der Waals surface area contributed by atoms with Crippen molar-refractivity contribution in [2.75, 3.05) is 32.7 Å². The van der Waals surface area contributed by atoms with Crippen LogP contribution >= 0.6 is 0 Å². The van der Waals surface area contributed by atoms with E-state index in [0.717, 1.165) is 57.7 Å². The predicted molar refractivity (Wildman–Crippen MR) is 77.7 cm³/mol. The largest absolute Gasteiger partial charge is 0.487 e. The van der Waals surface area contributed by atoms with Crippen LogP contribution in [-0.4, -0.2) is 43.2 Å². The Labute approximate surface area is 120 Å². The van der Waals surface area contributed by atoms with Gasteiger partial charge in [0.1, 0.15) is 11.4 Å². The molecule has 0 spiro atoms. The van der Waals surface area contributed by atoms with E-state index in [0.29, 0.717) is 5.56 Å².